The second kappa shape index (κ2) is 5.06. The molecule has 2 aromatic rings. The summed E-state index contributed by atoms with van der Waals surface area (Å²) in [5.41, 5.74) is 1.02. The van der Waals surface area contributed by atoms with Crippen LogP contribution in [0.1, 0.15) is 23.4 Å². The summed E-state index contributed by atoms with van der Waals surface area (Å²) in [7, 11) is -3.64. The van der Waals surface area contributed by atoms with Crippen molar-refractivity contribution in [3.63, 3.8) is 0 Å². The molecule has 0 fully saturated rings. The van der Waals surface area contributed by atoms with Gasteiger partial charge in [-0.15, -0.1) is 11.3 Å². The molecule has 0 aliphatic heterocycles. The molecule has 0 saturated heterocycles. The van der Waals surface area contributed by atoms with E-state index in [1.165, 1.54) is 40.5 Å². The second-order valence-corrected chi connectivity index (χ2v) is 7.46. The van der Waals surface area contributed by atoms with Crippen molar-refractivity contribution in [2.75, 3.05) is 4.72 Å². The van der Waals surface area contributed by atoms with Crippen LogP contribution in [0, 0.1) is 0 Å². The van der Waals surface area contributed by atoms with E-state index in [-0.39, 0.29) is 10.6 Å². The zero-order valence-electron chi connectivity index (χ0n) is 10.7. The van der Waals surface area contributed by atoms with E-state index in [0.717, 1.165) is 31.4 Å². The molecular weight excluding hydrogens is 296 g/mol. The molecule has 0 unspecified atom stereocenters. The Kier molecular flexibility index (Phi) is 3.39. The average Bonchev–Trinajstić information content (AvgIpc) is 2.80. The third-order valence-corrected chi connectivity index (χ3v) is 5.77. The van der Waals surface area contributed by atoms with Crippen LogP contribution in [-0.2, 0) is 22.9 Å². The first-order chi connectivity index (χ1) is 9.54. The average molecular weight is 310 g/mol. The van der Waals surface area contributed by atoms with E-state index in [1.807, 2.05) is 0 Å². The highest BCUT2D eigenvalue weighted by Crippen LogP contribution is 2.30. The minimum absolute atomic E-state index is 0.0358. The van der Waals surface area contributed by atoms with Crippen molar-refractivity contribution < 1.29 is 13.5 Å². The summed E-state index contributed by atoms with van der Waals surface area (Å²) in [4.78, 5) is 5.65. The van der Waals surface area contributed by atoms with Crippen LogP contribution in [0.2, 0.25) is 0 Å². The number of sulfonamides is 1. The number of aromatic hydroxyl groups is 1. The maximum absolute atomic E-state index is 12.2. The van der Waals surface area contributed by atoms with Gasteiger partial charge in [-0.05, 0) is 49.9 Å². The van der Waals surface area contributed by atoms with Crippen molar-refractivity contribution in [2.45, 2.75) is 30.6 Å². The second-order valence-electron chi connectivity index (χ2n) is 4.70. The Bertz CT molecular complexity index is 697. The quantitative estimate of drug-likeness (QED) is 0.913. The summed E-state index contributed by atoms with van der Waals surface area (Å²) < 4.78 is 26.9. The molecule has 106 valence electrons. The van der Waals surface area contributed by atoms with Crippen molar-refractivity contribution in [3.05, 3.63) is 34.8 Å². The zero-order valence-corrected chi connectivity index (χ0v) is 12.3. The molecule has 0 spiro atoms. The van der Waals surface area contributed by atoms with Gasteiger partial charge in [0.25, 0.3) is 10.0 Å². The van der Waals surface area contributed by atoms with E-state index in [4.69, 9.17) is 0 Å². The van der Waals surface area contributed by atoms with E-state index in [0.29, 0.717) is 5.13 Å². The minimum atomic E-state index is -3.64. The van der Waals surface area contributed by atoms with Crippen LogP contribution < -0.4 is 4.72 Å². The van der Waals surface area contributed by atoms with Crippen molar-refractivity contribution >= 4 is 26.5 Å². The van der Waals surface area contributed by atoms with Gasteiger partial charge in [0.05, 0.1) is 10.6 Å². The Labute approximate surface area is 121 Å². The van der Waals surface area contributed by atoms with Crippen molar-refractivity contribution in [1.82, 2.24) is 4.98 Å². The van der Waals surface area contributed by atoms with Crippen LogP contribution in [0.15, 0.2) is 29.2 Å². The summed E-state index contributed by atoms with van der Waals surface area (Å²) >= 11 is 1.41. The number of aryl methyl sites for hydroxylation is 2. The number of hydrogen-bond acceptors (Lipinski definition) is 5. The number of phenols is 1. The molecule has 2 N–H and O–H groups in total. The molecule has 0 saturated carbocycles. The number of nitrogens with zero attached hydrogens (tertiary/aromatic N) is 1. The first kappa shape index (κ1) is 13.4. The maximum atomic E-state index is 12.2. The first-order valence-corrected chi connectivity index (χ1v) is 8.65. The Hall–Kier alpha value is -1.60. The number of benzene rings is 1. The van der Waals surface area contributed by atoms with Crippen molar-refractivity contribution in [1.29, 1.82) is 0 Å². The van der Waals surface area contributed by atoms with E-state index in [9.17, 15) is 13.5 Å². The summed E-state index contributed by atoms with van der Waals surface area (Å²) in [5.74, 6) is 0.0358. The van der Waals surface area contributed by atoms with Crippen LogP contribution in [0.25, 0.3) is 0 Å². The molecular formula is C13H14N2O3S2. The van der Waals surface area contributed by atoms with Crippen LogP contribution in [0.3, 0.4) is 0 Å². The third-order valence-electron chi connectivity index (χ3n) is 3.21. The van der Waals surface area contributed by atoms with Gasteiger partial charge >= 0.3 is 0 Å². The van der Waals surface area contributed by atoms with Gasteiger partial charge in [0.1, 0.15) is 5.75 Å². The number of hydrogen-bond donors (Lipinski definition) is 2. The predicted octanol–water partition coefficient (Wildman–Crippen LogP) is 2.53. The van der Waals surface area contributed by atoms with E-state index in [1.54, 1.807) is 0 Å². The topological polar surface area (TPSA) is 79.3 Å². The number of phenolic OH excluding ortho intramolecular Hbond substituents is 1. The lowest BCUT2D eigenvalue weighted by atomic mass is 10.0. The lowest BCUT2D eigenvalue weighted by Crippen LogP contribution is -2.12. The molecule has 1 aromatic heterocycles. The summed E-state index contributed by atoms with van der Waals surface area (Å²) in [5, 5.41) is 9.62. The number of rotatable bonds is 3. The van der Waals surface area contributed by atoms with Gasteiger partial charge in [0.15, 0.2) is 5.13 Å². The lowest BCUT2D eigenvalue weighted by Gasteiger charge is -2.06. The fourth-order valence-electron chi connectivity index (χ4n) is 2.19. The van der Waals surface area contributed by atoms with Crippen molar-refractivity contribution in [3.8, 4) is 5.75 Å². The van der Waals surface area contributed by atoms with Crippen molar-refractivity contribution in [2.24, 2.45) is 0 Å². The SMILES string of the molecule is O=S(=O)(Nc1nc2c(s1)CCCC2)c1ccc(O)cc1. The van der Waals surface area contributed by atoms with E-state index < -0.39 is 10.0 Å². The Balaban J connectivity index is 1.86. The molecule has 0 radical (unpaired) electrons. The third kappa shape index (κ3) is 2.64. The molecule has 20 heavy (non-hydrogen) atoms. The summed E-state index contributed by atoms with van der Waals surface area (Å²) in [6, 6.07) is 5.43. The molecule has 3 rings (SSSR count). The van der Waals surface area contributed by atoms with Crippen LogP contribution >= 0.6 is 11.3 Å². The molecule has 0 amide bonds. The molecule has 0 bridgehead atoms. The number of anilines is 1. The number of thiazole rings is 1. The maximum Gasteiger partial charge on any atom is 0.263 e. The summed E-state index contributed by atoms with van der Waals surface area (Å²) in [6.45, 7) is 0. The predicted molar refractivity (Wildman–Crippen MR) is 77.7 cm³/mol. The fourth-order valence-corrected chi connectivity index (χ4v) is 4.48. The van der Waals surface area contributed by atoms with Gasteiger partial charge < -0.3 is 5.11 Å². The summed E-state index contributed by atoms with van der Waals surface area (Å²) in [6.07, 6.45) is 4.15. The monoisotopic (exact) mass is 310 g/mol. The van der Waals surface area contributed by atoms with Crippen LogP contribution in [0.5, 0.6) is 5.75 Å². The van der Waals surface area contributed by atoms with Gasteiger partial charge in [-0.3, -0.25) is 4.72 Å². The largest absolute Gasteiger partial charge is 0.508 e. The smallest absolute Gasteiger partial charge is 0.263 e. The highest BCUT2D eigenvalue weighted by molar-refractivity contribution is 7.93. The Morgan fingerprint density at radius 3 is 2.55 bits per heavy atom. The Morgan fingerprint density at radius 1 is 1.15 bits per heavy atom. The molecule has 1 heterocycles. The standard InChI is InChI=1S/C13H14N2O3S2/c16-9-5-7-10(8-6-9)20(17,18)15-13-14-11-3-1-2-4-12(11)19-13/h5-8,16H,1-4H2,(H,14,15). The van der Waals surface area contributed by atoms with E-state index in [2.05, 4.69) is 9.71 Å². The number of aromatic nitrogens is 1. The molecule has 1 aliphatic rings. The Morgan fingerprint density at radius 2 is 1.85 bits per heavy atom. The highest BCUT2D eigenvalue weighted by atomic mass is 32.2. The number of fused-ring (bicyclic) bond motifs is 1. The highest BCUT2D eigenvalue weighted by Gasteiger charge is 2.20. The molecule has 5 nitrogen and oxygen atoms in total. The molecule has 0 atom stereocenters. The van der Waals surface area contributed by atoms with Gasteiger partial charge in [0.2, 0.25) is 0 Å². The molecule has 1 aliphatic carbocycles. The number of nitrogens with one attached hydrogen (secondary N) is 1. The van der Waals surface area contributed by atoms with Gasteiger partial charge in [-0.1, -0.05) is 0 Å². The fraction of sp³-hybridized carbons (Fsp3) is 0.308. The molecule has 1 aromatic carbocycles. The van der Waals surface area contributed by atoms with Crippen LogP contribution in [-0.4, -0.2) is 18.5 Å². The first-order valence-electron chi connectivity index (χ1n) is 6.35. The zero-order chi connectivity index (χ0) is 14.2. The normalized spacial score (nSPS) is 14.8. The van der Waals surface area contributed by atoms with Gasteiger partial charge in [-0.2, -0.15) is 0 Å². The minimum Gasteiger partial charge on any atom is -0.508 e. The lowest BCUT2D eigenvalue weighted by molar-refractivity contribution is 0.475. The van der Waals surface area contributed by atoms with Gasteiger partial charge in [-0.25, -0.2) is 13.4 Å². The van der Waals surface area contributed by atoms with E-state index >= 15 is 0 Å². The van der Waals surface area contributed by atoms with Crippen LogP contribution in [0.4, 0.5) is 5.13 Å². The van der Waals surface area contributed by atoms with Gasteiger partial charge in [0, 0.05) is 4.88 Å². The molecule has 7 heteroatoms.